The van der Waals surface area contributed by atoms with Crippen molar-refractivity contribution < 1.29 is 0 Å². The highest BCUT2D eigenvalue weighted by molar-refractivity contribution is 6.31. The maximum absolute atomic E-state index is 6.44. The number of aromatic nitrogens is 2. The van der Waals surface area contributed by atoms with Crippen LogP contribution in [0.3, 0.4) is 0 Å². The van der Waals surface area contributed by atoms with Crippen LogP contribution in [0.15, 0.2) is 0 Å². The van der Waals surface area contributed by atoms with Gasteiger partial charge < -0.3 is 5.32 Å². The standard InChI is InChI=1S/C15H27ClN4/c1-5-20-14(15(16)12(4)18-20)10-19-7-6-17-9-13(19)8-11(2)3/h11,13,17H,5-10H2,1-4H3. The summed E-state index contributed by atoms with van der Waals surface area (Å²) in [6.45, 7) is 13.7. The maximum atomic E-state index is 6.44. The third-order valence-corrected chi connectivity index (χ3v) is 4.51. The van der Waals surface area contributed by atoms with Gasteiger partial charge in [0.15, 0.2) is 0 Å². The number of nitrogens with zero attached hydrogens (tertiary/aromatic N) is 3. The van der Waals surface area contributed by atoms with Crippen LogP contribution in [0.25, 0.3) is 0 Å². The quantitative estimate of drug-likeness (QED) is 0.907. The molecule has 0 saturated carbocycles. The van der Waals surface area contributed by atoms with Crippen LogP contribution in [-0.4, -0.2) is 40.4 Å². The van der Waals surface area contributed by atoms with Crippen LogP contribution in [0.1, 0.15) is 38.6 Å². The van der Waals surface area contributed by atoms with Crippen LogP contribution >= 0.6 is 11.6 Å². The van der Waals surface area contributed by atoms with E-state index in [-0.39, 0.29) is 0 Å². The average molecular weight is 299 g/mol. The first-order valence-corrected chi connectivity index (χ1v) is 8.07. The summed E-state index contributed by atoms with van der Waals surface area (Å²) >= 11 is 6.44. The second-order valence-electron chi connectivity index (χ2n) is 6.12. The van der Waals surface area contributed by atoms with Gasteiger partial charge in [-0.15, -0.1) is 0 Å². The van der Waals surface area contributed by atoms with E-state index in [4.69, 9.17) is 11.6 Å². The molecule has 1 atom stereocenters. The molecule has 5 heteroatoms. The molecule has 1 saturated heterocycles. The van der Waals surface area contributed by atoms with Crippen molar-refractivity contribution in [2.45, 2.75) is 53.2 Å². The maximum Gasteiger partial charge on any atom is 0.0860 e. The van der Waals surface area contributed by atoms with Gasteiger partial charge >= 0.3 is 0 Å². The summed E-state index contributed by atoms with van der Waals surface area (Å²) in [5.74, 6) is 0.718. The van der Waals surface area contributed by atoms with Crippen LogP contribution < -0.4 is 5.32 Å². The van der Waals surface area contributed by atoms with Crippen LogP contribution in [0.2, 0.25) is 5.02 Å². The Morgan fingerprint density at radius 2 is 2.20 bits per heavy atom. The number of nitrogens with one attached hydrogen (secondary N) is 1. The van der Waals surface area contributed by atoms with Gasteiger partial charge in [-0.1, -0.05) is 25.4 Å². The molecular weight excluding hydrogens is 272 g/mol. The second-order valence-corrected chi connectivity index (χ2v) is 6.50. The van der Waals surface area contributed by atoms with Crippen molar-refractivity contribution in [3.8, 4) is 0 Å². The first-order chi connectivity index (χ1) is 9.52. The summed E-state index contributed by atoms with van der Waals surface area (Å²) in [4.78, 5) is 2.56. The summed E-state index contributed by atoms with van der Waals surface area (Å²) in [6, 6.07) is 0.598. The highest BCUT2D eigenvalue weighted by atomic mass is 35.5. The number of aryl methyl sites for hydroxylation is 2. The molecule has 2 heterocycles. The van der Waals surface area contributed by atoms with E-state index >= 15 is 0 Å². The first-order valence-electron chi connectivity index (χ1n) is 7.69. The van der Waals surface area contributed by atoms with Crippen molar-refractivity contribution in [2.24, 2.45) is 5.92 Å². The Balaban J connectivity index is 2.14. The van der Waals surface area contributed by atoms with E-state index in [1.165, 1.54) is 12.1 Å². The van der Waals surface area contributed by atoms with Crippen molar-refractivity contribution in [3.63, 3.8) is 0 Å². The van der Waals surface area contributed by atoms with E-state index in [1.54, 1.807) is 0 Å². The van der Waals surface area contributed by atoms with Crippen LogP contribution in [0.4, 0.5) is 0 Å². The molecule has 2 rings (SSSR count). The molecule has 0 aromatic carbocycles. The van der Waals surface area contributed by atoms with Gasteiger partial charge in [-0.3, -0.25) is 9.58 Å². The third-order valence-electron chi connectivity index (χ3n) is 4.02. The number of rotatable bonds is 5. The minimum absolute atomic E-state index is 0.598. The topological polar surface area (TPSA) is 33.1 Å². The average Bonchev–Trinajstić information content (AvgIpc) is 2.68. The van der Waals surface area contributed by atoms with E-state index in [0.29, 0.717) is 6.04 Å². The molecule has 1 fully saturated rings. The fourth-order valence-electron chi connectivity index (χ4n) is 3.00. The summed E-state index contributed by atoms with van der Waals surface area (Å²) in [6.07, 6.45) is 1.23. The van der Waals surface area contributed by atoms with Gasteiger partial charge in [-0.2, -0.15) is 5.10 Å². The van der Waals surface area contributed by atoms with Gasteiger partial charge in [0.2, 0.25) is 0 Å². The predicted molar refractivity (Wildman–Crippen MR) is 84.2 cm³/mol. The number of halogens is 1. The predicted octanol–water partition coefficient (Wildman–Crippen LogP) is 2.68. The van der Waals surface area contributed by atoms with Crippen LogP contribution in [0.5, 0.6) is 0 Å². The Labute approximate surface area is 127 Å². The lowest BCUT2D eigenvalue weighted by molar-refractivity contribution is 0.130. The molecule has 4 nitrogen and oxygen atoms in total. The molecule has 0 spiro atoms. The summed E-state index contributed by atoms with van der Waals surface area (Å²) in [5.41, 5.74) is 2.11. The molecule has 1 unspecified atom stereocenters. The summed E-state index contributed by atoms with van der Waals surface area (Å²) in [5, 5.41) is 8.87. The van der Waals surface area contributed by atoms with Gasteiger partial charge in [0.1, 0.15) is 0 Å². The van der Waals surface area contributed by atoms with Gasteiger partial charge in [0.05, 0.1) is 16.4 Å². The molecule has 20 heavy (non-hydrogen) atoms. The van der Waals surface area contributed by atoms with Crippen molar-refractivity contribution >= 4 is 11.6 Å². The van der Waals surface area contributed by atoms with Gasteiger partial charge in [-0.25, -0.2) is 0 Å². The van der Waals surface area contributed by atoms with E-state index in [0.717, 1.165) is 49.4 Å². The number of hydrogen-bond donors (Lipinski definition) is 1. The van der Waals surface area contributed by atoms with E-state index in [1.807, 2.05) is 11.6 Å². The molecule has 1 aromatic heterocycles. The lowest BCUT2D eigenvalue weighted by Crippen LogP contribution is -2.51. The SMILES string of the molecule is CCn1nc(C)c(Cl)c1CN1CCNCC1CC(C)C. The smallest absolute Gasteiger partial charge is 0.0860 e. The monoisotopic (exact) mass is 298 g/mol. The fourth-order valence-corrected chi connectivity index (χ4v) is 3.20. The lowest BCUT2D eigenvalue weighted by Gasteiger charge is -2.37. The van der Waals surface area contributed by atoms with Crippen molar-refractivity contribution in [1.82, 2.24) is 20.0 Å². The largest absolute Gasteiger partial charge is 0.314 e. The minimum Gasteiger partial charge on any atom is -0.314 e. The van der Waals surface area contributed by atoms with Crippen molar-refractivity contribution in [3.05, 3.63) is 16.4 Å². The molecule has 0 bridgehead atoms. The lowest BCUT2D eigenvalue weighted by atomic mass is 10.0. The molecule has 1 aromatic rings. The first kappa shape index (κ1) is 15.8. The Bertz CT molecular complexity index is 441. The van der Waals surface area contributed by atoms with E-state index in [9.17, 15) is 0 Å². The second kappa shape index (κ2) is 6.92. The highest BCUT2D eigenvalue weighted by Gasteiger charge is 2.25. The van der Waals surface area contributed by atoms with Gasteiger partial charge in [-0.05, 0) is 26.2 Å². The van der Waals surface area contributed by atoms with Gasteiger partial charge in [0, 0.05) is 38.8 Å². The normalized spacial score (nSPS) is 20.8. The Morgan fingerprint density at radius 3 is 2.85 bits per heavy atom. The summed E-state index contributed by atoms with van der Waals surface area (Å²) < 4.78 is 2.05. The van der Waals surface area contributed by atoms with E-state index < -0.39 is 0 Å². The molecule has 114 valence electrons. The van der Waals surface area contributed by atoms with Gasteiger partial charge in [0.25, 0.3) is 0 Å². The molecule has 0 amide bonds. The molecule has 0 radical (unpaired) electrons. The third kappa shape index (κ3) is 3.54. The fraction of sp³-hybridized carbons (Fsp3) is 0.800. The van der Waals surface area contributed by atoms with Crippen LogP contribution in [0, 0.1) is 12.8 Å². The van der Waals surface area contributed by atoms with Crippen molar-refractivity contribution in [2.75, 3.05) is 19.6 Å². The molecule has 1 aliphatic heterocycles. The minimum atomic E-state index is 0.598. The number of hydrogen-bond acceptors (Lipinski definition) is 3. The van der Waals surface area contributed by atoms with Crippen molar-refractivity contribution in [1.29, 1.82) is 0 Å². The molecule has 1 N–H and O–H groups in total. The zero-order valence-electron chi connectivity index (χ0n) is 13.1. The number of piperazine rings is 1. The Morgan fingerprint density at radius 1 is 1.45 bits per heavy atom. The summed E-state index contributed by atoms with van der Waals surface area (Å²) in [7, 11) is 0. The van der Waals surface area contributed by atoms with Crippen LogP contribution in [-0.2, 0) is 13.1 Å². The molecular formula is C15H27ClN4. The van der Waals surface area contributed by atoms with E-state index in [2.05, 4.69) is 36.1 Å². The zero-order chi connectivity index (χ0) is 14.7. The zero-order valence-corrected chi connectivity index (χ0v) is 13.9. The Hall–Kier alpha value is -0.580. The highest BCUT2D eigenvalue weighted by Crippen LogP contribution is 2.24. The Kier molecular flexibility index (Phi) is 5.47. The molecule has 0 aliphatic carbocycles. The molecule has 1 aliphatic rings.